The second-order valence-electron chi connectivity index (χ2n) is 6.43. The fraction of sp³-hybridized carbons (Fsp3) is 0.211. The molecule has 0 atom stereocenters. The average molecular weight is 427 g/mol. The maximum Gasteiger partial charge on any atom is 0.267 e. The van der Waals surface area contributed by atoms with Crippen molar-refractivity contribution in [1.82, 2.24) is 23.8 Å². The number of likely N-dealkylation sites (N-methyl/N-ethyl adjacent to an activating group) is 1. The lowest BCUT2D eigenvalue weighted by Gasteiger charge is -2.11. The summed E-state index contributed by atoms with van der Waals surface area (Å²) < 4.78 is 3.91. The third kappa shape index (κ3) is 3.94. The summed E-state index contributed by atoms with van der Waals surface area (Å²) in [5, 5.41) is 3.25. The van der Waals surface area contributed by atoms with Gasteiger partial charge in [0.15, 0.2) is 0 Å². The number of fused-ring (bicyclic) bond motifs is 1. The highest BCUT2D eigenvalue weighted by molar-refractivity contribution is 8.26. The van der Waals surface area contributed by atoms with E-state index in [9.17, 15) is 9.59 Å². The molecule has 8 nitrogen and oxygen atoms in total. The molecule has 1 aliphatic rings. The number of imidazole rings is 1. The fourth-order valence-electron chi connectivity index (χ4n) is 2.93. The van der Waals surface area contributed by atoms with Gasteiger partial charge in [0.25, 0.3) is 11.5 Å². The van der Waals surface area contributed by atoms with Crippen LogP contribution < -0.4 is 10.9 Å². The number of anilines is 1. The molecule has 29 heavy (non-hydrogen) atoms. The first kappa shape index (κ1) is 19.3. The molecule has 0 aliphatic carbocycles. The van der Waals surface area contributed by atoms with Crippen molar-refractivity contribution in [2.24, 2.45) is 0 Å². The van der Waals surface area contributed by atoms with Crippen LogP contribution in [0.25, 0.3) is 11.7 Å². The van der Waals surface area contributed by atoms with Gasteiger partial charge in [0.05, 0.1) is 16.8 Å². The lowest BCUT2D eigenvalue weighted by molar-refractivity contribution is -0.121. The number of nitrogens with one attached hydrogen (secondary N) is 1. The number of rotatable bonds is 6. The monoisotopic (exact) mass is 426 g/mol. The van der Waals surface area contributed by atoms with Gasteiger partial charge in [0.1, 0.15) is 15.8 Å². The van der Waals surface area contributed by atoms with E-state index >= 15 is 0 Å². The highest BCUT2D eigenvalue weighted by Crippen LogP contribution is 2.31. The quantitative estimate of drug-likeness (QED) is 0.368. The lowest BCUT2D eigenvalue weighted by atomic mass is 10.2. The first-order valence-electron chi connectivity index (χ1n) is 8.97. The Kier molecular flexibility index (Phi) is 5.45. The highest BCUT2D eigenvalue weighted by Gasteiger charge is 2.29. The van der Waals surface area contributed by atoms with Crippen LogP contribution in [0.5, 0.6) is 0 Å². The second-order valence-corrected chi connectivity index (χ2v) is 8.11. The standard InChI is InChI=1S/C19H18N6O2S2/c1-23-18(27)14(29-19(23)28)11-13-16(21-6-4-8-24-10-7-20-12-24)22-15-5-2-3-9-25(15)17(13)26/h2-3,5,7,9-12,21H,4,6,8H2,1H3. The van der Waals surface area contributed by atoms with Gasteiger partial charge in [-0.3, -0.25) is 18.9 Å². The molecule has 1 aliphatic heterocycles. The molecule has 0 aromatic carbocycles. The Morgan fingerprint density at radius 1 is 1.28 bits per heavy atom. The van der Waals surface area contributed by atoms with Crippen molar-refractivity contribution in [3.05, 3.63) is 63.9 Å². The highest BCUT2D eigenvalue weighted by atomic mass is 32.2. The molecule has 0 spiro atoms. The summed E-state index contributed by atoms with van der Waals surface area (Å²) in [7, 11) is 1.62. The number of aromatic nitrogens is 4. The van der Waals surface area contributed by atoms with Crippen molar-refractivity contribution in [2.45, 2.75) is 13.0 Å². The molecule has 1 fully saturated rings. The van der Waals surface area contributed by atoms with Crippen LogP contribution in [0.3, 0.4) is 0 Å². The number of thiocarbonyl (C=S) groups is 1. The zero-order chi connectivity index (χ0) is 20.4. The molecule has 3 aromatic heterocycles. The van der Waals surface area contributed by atoms with Gasteiger partial charge >= 0.3 is 0 Å². The third-order valence-corrected chi connectivity index (χ3v) is 5.96. The zero-order valence-electron chi connectivity index (χ0n) is 15.6. The molecular weight excluding hydrogens is 408 g/mol. The van der Waals surface area contributed by atoms with E-state index < -0.39 is 0 Å². The number of carbonyl (C=O) groups is 1. The van der Waals surface area contributed by atoms with E-state index in [-0.39, 0.29) is 11.5 Å². The molecule has 0 radical (unpaired) electrons. The number of pyridine rings is 1. The van der Waals surface area contributed by atoms with Crippen molar-refractivity contribution in [2.75, 3.05) is 18.9 Å². The van der Waals surface area contributed by atoms with E-state index in [1.54, 1.807) is 44.0 Å². The van der Waals surface area contributed by atoms with Gasteiger partial charge < -0.3 is 9.88 Å². The summed E-state index contributed by atoms with van der Waals surface area (Å²) in [6, 6.07) is 5.36. The normalized spacial score (nSPS) is 15.6. The molecule has 1 saturated heterocycles. The number of amides is 1. The summed E-state index contributed by atoms with van der Waals surface area (Å²) in [5.41, 5.74) is 0.633. The molecule has 4 rings (SSSR count). The van der Waals surface area contributed by atoms with Crippen molar-refractivity contribution < 1.29 is 4.79 Å². The topological polar surface area (TPSA) is 84.5 Å². The Morgan fingerprint density at radius 2 is 2.14 bits per heavy atom. The van der Waals surface area contributed by atoms with Gasteiger partial charge in [0, 0.05) is 38.7 Å². The van der Waals surface area contributed by atoms with Crippen LogP contribution in [0.4, 0.5) is 5.82 Å². The van der Waals surface area contributed by atoms with E-state index in [0.29, 0.717) is 32.8 Å². The van der Waals surface area contributed by atoms with Gasteiger partial charge in [-0.1, -0.05) is 30.0 Å². The minimum Gasteiger partial charge on any atom is -0.369 e. The molecule has 3 aromatic rings. The third-order valence-electron chi connectivity index (χ3n) is 4.48. The summed E-state index contributed by atoms with van der Waals surface area (Å²) >= 11 is 6.37. The SMILES string of the molecule is CN1C(=O)C(=Cc2c(NCCCn3ccnc3)nc3ccccn3c2=O)SC1=S. The van der Waals surface area contributed by atoms with E-state index in [2.05, 4.69) is 15.3 Å². The van der Waals surface area contributed by atoms with Gasteiger partial charge in [-0.2, -0.15) is 0 Å². The maximum atomic E-state index is 13.1. The van der Waals surface area contributed by atoms with Crippen LogP contribution in [-0.2, 0) is 11.3 Å². The van der Waals surface area contributed by atoms with Gasteiger partial charge in [-0.25, -0.2) is 9.97 Å². The Labute approximate surface area is 176 Å². The Morgan fingerprint density at radius 3 is 2.86 bits per heavy atom. The van der Waals surface area contributed by atoms with E-state index in [1.807, 2.05) is 16.8 Å². The maximum absolute atomic E-state index is 13.1. The molecular formula is C19H18N6O2S2. The Hall–Kier alpha value is -2.98. The molecule has 1 amide bonds. The van der Waals surface area contributed by atoms with Crippen LogP contribution in [0.2, 0.25) is 0 Å². The number of hydrogen-bond acceptors (Lipinski definition) is 7. The molecule has 0 bridgehead atoms. The van der Waals surface area contributed by atoms with Crippen LogP contribution >= 0.6 is 24.0 Å². The van der Waals surface area contributed by atoms with E-state index in [4.69, 9.17) is 12.2 Å². The second kappa shape index (κ2) is 8.18. The smallest absolute Gasteiger partial charge is 0.267 e. The largest absolute Gasteiger partial charge is 0.369 e. The molecule has 0 unspecified atom stereocenters. The Bertz CT molecular complexity index is 1170. The number of aryl methyl sites for hydroxylation is 1. The lowest BCUT2D eigenvalue weighted by Crippen LogP contribution is -2.23. The number of nitrogens with zero attached hydrogens (tertiary/aromatic N) is 5. The predicted octanol–water partition coefficient (Wildman–Crippen LogP) is 2.22. The van der Waals surface area contributed by atoms with Crippen molar-refractivity contribution in [3.63, 3.8) is 0 Å². The number of thioether (sulfide) groups is 1. The van der Waals surface area contributed by atoms with Crippen LogP contribution in [0.1, 0.15) is 12.0 Å². The van der Waals surface area contributed by atoms with Gasteiger partial charge in [-0.05, 0) is 24.6 Å². The van der Waals surface area contributed by atoms with Crippen molar-refractivity contribution >= 4 is 51.7 Å². The fourth-order valence-corrected chi connectivity index (χ4v) is 4.09. The minimum atomic E-state index is -0.242. The number of hydrogen-bond donors (Lipinski definition) is 1. The van der Waals surface area contributed by atoms with E-state index in [0.717, 1.165) is 13.0 Å². The summed E-state index contributed by atoms with van der Waals surface area (Å²) in [4.78, 5) is 35.9. The summed E-state index contributed by atoms with van der Waals surface area (Å²) in [6.45, 7) is 1.41. The zero-order valence-corrected chi connectivity index (χ0v) is 17.2. The molecule has 10 heteroatoms. The minimum absolute atomic E-state index is 0.219. The first-order chi connectivity index (χ1) is 14.0. The molecule has 1 N–H and O–H groups in total. The van der Waals surface area contributed by atoms with Crippen molar-refractivity contribution in [3.8, 4) is 0 Å². The predicted molar refractivity (Wildman–Crippen MR) is 118 cm³/mol. The summed E-state index contributed by atoms with van der Waals surface area (Å²) in [6.07, 6.45) is 9.47. The van der Waals surface area contributed by atoms with Gasteiger partial charge in [0.2, 0.25) is 0 Å². The first-order valence-corrected chi connectivity index (χ1v) is 10.2. The van der Waals surface area contributed by atoms with E-state index in [1.165, 1.54) is 21.1 Å². The van der Waals surface area contributed by atoms with Crippen LogP contribution in [-0.4, -0.2) is 47.7 Å². The molecule has 0 saturated carbocycles. The molecule has 4 heterocycles. The van der Waals surface area contributed by atoms with Crippen LogP contribution in [0, 0.1) is 0 Å². The molecule has 148 valence electrons. The Balaban J connectivity index is 1.66. The average Bonchev–Trinajstić information content (AvgIpc) is 3.32. The summed E-state index contributed by atoms with van der Waals surface area (Å²) in [5.74, 6) is 0.233. The van der Waals surface area contributed by atoms with Crippen molar-refractivity contribution in [1.29, 1.82) is 0 Å². The van der Waals surface area contributed by atoms with Gasteiger partial charge in [-0.15, -0.1) is 0 Å². The van der Waals surface area contributed by atoms with Crippen LogP contribution in [0.15, 0.2) is 52.8 Å². The number of carbonyl (C=O) groups excluding carboxylic acids is 1.